The summed E-state index contributed by atoms with van der Waals surface area (Å²) in [6.07, 6.45) is 3.29. The summed E-state index contributed by atoms with van der Waals surface area (Å²) in [5, 5.41) is 9.88. The minimum absolute atomic E-state index is 0.0410. The predicted molar refractivity (Wildman–Crippen MR) is 92.6 cm³/mol. The van der Waals surface area contributed by atoms with Crippen molar-refractivity contribution in [3.63, 3.8) is 0 Å². The number of para-hydroxylation sites is 1. The van der Waals surface area contributed by atoms with Gasteiger partial charge in [-0.25, -0.2) is 0 Å². The van der Waals surface area contributed by atoms with E-state index in [1.54, 1.807) is 4.90 Å². The zero-order chi connectivity index (χ0) is 18.1. The van der Waals surface area contributed by atoms with Crippen LogP contribution in [0.15, 0.2) is 41.0 Å². The topological polar surface area (TPSA) is 96.4 Å². The summed E-state index contributed by atoms with van der Waals surface area (Å²) in [5.41, 5.74) is 7.61. The van der Waals surface area contributed by atoms with E-state index in [1.807, 2.05) is 18.2 Å². The van der Waals surface area contributed by atoms with E-state index < -0.39 is 5.41 Å². The molecule has 5 rings (SSSR count). The first kappa shape index (κ1) is 15.2. The number of nitrogens with zero attached hydrogens (tertiary/aromatic N) is 2. The first-order valence-corrected chi connectivity index (χ1v) is 8.90. The summed E-state index contributed by atoms with van der Waals surface area (Å²) in [6.45, 7) is 0.584. The molecule has 0 saturated heterocycles. The van der Waals surface area contributed by atoms with Gasteiger partial charge in [-0.3, -0.25) is 9.59 Å². The fraction of sp³-hybridized carbons (Fsp3) is 0.350. The normalized spacial score (nSPS) is 26.7. The highest BCUT2D eigenvalue weighted by atomic mass is 16.5. The lowest BCUT2D eigenvalue weighted by Gasteiger charge is -2.37. The molecule has 1 aliphatic carbocycles. The number of hydrogen-bond donors (Lipinski definition) is 1. The molecule has 0 radical (unpaired) electrons. The van der Waals surface area contributed by atoms with Gasteiger partial charge in [0.05, 0.1) is 11.3 Å². The highest BCUT2D eigenvalue weighted by Gasteiger charge is 2.62. The Kier molecular flexibility index (Phi) is 2.91. The van der Waals surface area contributed by atoms with Crippen LogP contribution in [-0.2, 0) is 26.2 Å². The van der Waals surface area contributed by atoms with E-state index >= 15 is 0 Å². The van der Waals surface area contributed by atoms with Gasteiger partial charge >= 0.3 is 0 Å². The van der Waals surface area contributed by atoms with E-state index in [-0.39, 0.29) is 23.1 Å². The van der Waals surface area contributed by atoms with Crippen molar-refractivity contribution in [2.45, 2.75) is 37.5 Å². The van der Waals surface area contributed by atoms with Gasteiger partial charge in [0.25, 0.3) is 0 Å². The number of aryl methyl sites for hydroxylation is 1. The van der Waals surface area contributed by atoms with Crippen molar-refractivity contribution in [1.82, 2.24) is 0 Å². The number of allylic oxidation sites excluding steroid dienone is 1. The van der Waals surface area contributed by atoms with E-state index in [0.29, 0.717) is 42.7 Å². The second-order valence-corrected chi connectivity index (χ2v) is 7.15. The van der Waals surface area contributed by atoms with Crippen molar-refractivity contribution >= 4 is 17.4 Å². The number of amides is 1. The third-order valence-electron chi connectivity index (χ3n) is 5.89. The summed E-state index contributed by atoms with van der Waals surface area (Å²) in [7, 11) is 0. The van der Waals surface area contributed by atoms with Gasteiger partial charge in [0.15, 0.2) is 5.78 Å². The molecule has 1 amide bonds. The van der Waals surface area contributed by atoms with Gasteiger partial charge in [0, 0.05) is 24.9 Å². The predicted octanol–water partition coefficient (Wildman–Crippen LogP) is 1.95. The van der Waals surface area contributed by atoms with Crippen LogP contribution in [0.1, 0.15) is 36.8 Å². The highest BCUT2D eigenvalue weighted by molar-refractivity contribution is 6.20. The standard InChI is InChI=1S/C20H17N3O3/c21-10-13-18(22)26-15-8-2-7-14(24)16(15)20(13)12-6-1-4-11-5-3-9-23(17(11)12)19(20)25/h1,4,6H,2-3,5,7-9,22H2/t20-/m1/s1. The van der Waals surface area contributed by atoms with Crippen molar-refractivity contribution in [2.24, 2.45) is 5.73 Å². The van der Waals surface area contributed by atoms with Crippen molar-refractivity contribution in [3.05, 3.63) is 52.1 Å². The van der Waals surface area contributed by atoms with Crippen LogP contribution in [0.25, 0.3) is 0 Å². The third kappa shape index (κ3) is 1.56. The smallest absolute Gasteiger partial charge is 0.247 e. The molecule has 4 aliphatic rings. The summed E-state index contributed by atoms with van der Waals surface area (Å²) < 4.78 is 5.65. The molecule has 26 heavy (non-hydrogen) atoms. The number of ether oxygens (including phenoxy) is 1. The number of carbonyl (C=O) groups excluding carboxylic acids is 2. The monoisotopic (exact) mass is 347 g/mol. The Balaban J connectivity index is 1.92. The zero-order valence-electron chi connectivity index (χ0n) is 14.2. The van der Waals surface area contributed by atoms with Crippen LogP contribution in [-0.4, -0.2) is 18.2 Å². The van der Waals surface area contributed by atoms with E-state index in [4.69, 9.17) is 10.5 Å². The molecule has 130 valence electrons. The van der Waals surface area contributed by atoms with Crippen LogP contribution < -0.4 is 10.6 Å². The Morgan fingerprint density at radius 2 is 2.04 bits per heavy atom. The lowest BCUT2D eigenvalue weighted by Crippen LogP contribution is -2.49. The molecular formula is C20H17N3O3. The molecule has 1 spiro atoms. The molecule has 1 aromatic rings. The number of Topliss-reactive ketones (excluding diaryl/α,β-unsaturated/α-hetero) is 1. The number of hydrogen-bond acceptors (Lipinski definition) is 5. The maximum atomic E-state index is 13.7. The number of nitriles is 1. The Hall–Kier alpha value is -3.07. The molecule has 0 aromatic heterocycles. The Labute approximate surface area is 150 Å². The van der Waals surface area contributed by atoms with Crippen molar-refractivity contribution in [1.29, 1.82) is 5.26 Å². The number of benzene rings is 1. The van der Waals surface area contributed by atoms with Gasteiger partial charge in [0.2, 0.25) is 11.8 Å². The van der Waals surface area contributed by atoms with Crippen LogP contribution in [0.3, 0.4) is 0 Å². The molecule has 6 heteroatoms. The quantitative estimate of drug-likeness (QED) is 0.774. The van der Waals surface area contributed by atoms with Crippen molar-refractivity contribution in [3.8, 4) is 6.07 Å². The van der Waals surface area contributed by atoms with E-state index in [0.717, 1.165) is 24.1 Å². The Bertz CT molecular complexity index is 998. The first-order valence-electron chi connectivity index (χ1n) is 8.90. The number of rotatable bonds is 0. The molecule has 0 saturated carbocycles. The molecular weight excluding hydrogens is 330 g/mol. The van der Waals surface area contributed by atoms with Gasteiger partial charge in [-0.2, -0.15) is 5.26 Å². The summed E-state index contributed by atoms with van der Waals surface area (Å²) >= 11 is 0. The second-order valence-electron chi connectivity index (χ2n) is 7.15. The van der Waals surface area contributed by atoms with E-state index in [9.17, 15) is 14.9 Å². The Morgan fingerprint density at radius 1 is 1.19 bits per heavy atom. The maximum absolute atomic E-state index is 13.7. The van der Waals surface area contributed by atoms with Gasteiger partial charge in [0.1, 0.15) is 22.8 Å². The van der Waals surface area contributed by atoms with Crippen LogP contribution in [0, 0.1) is 11.3 Å². The molecule has 1 aromatic carbocycles. The fourth-order valence-electron chi connectivity index (χ4n) is 4.93. The molecule has 3 heterocycles. The first-order chi connectivity index (χ1) is 12.6. The summed E-state index contributed by atoms with van der Waals surface area (Å²) in [6, 6.07) is 7.85. The molecule has 3 aliphatic heterocycles. The van der Waals surface area contributed by atoms with E-state index in [2.05, 4.69) is 6.07 Å². The van der Waals surface area contributed by atoms with Crippen LogP contribution in [0.2, 0.25) is 0 Å². The van der Waals surface area contributed by atoms with Gasteiger partial charge < -0.3 is 15.4 Å². The number of fused-ring (bicyclic) bond motifs is 2. The number of anilines is 1. The molecule has 1 atom stereocenters. The minimum atomic E-state index is -1.44. The van der Waals surface area contributed by atoms with Gasteiger partial charge in [-0.05, 0) is 24.8 Å². The second kappa shape index (κ2) is 4.98. The Morgan fingerprint density at radius 3 is 2.85 bits per heavy atom. The van der Waals surface area contributed by atoms with Crippen molar-refractivity contribution in [2.75, 3.05) is 11.4 Å². The largest absolute Gasteiger partial charge is 0.444 e. The van der Waals surface area contributed by atoms with Crippen LogP contribution >= 0.6 is 0 Å². The number of nitrogens with two attached hydrogens (primary N) is 1. The van der Waals surface area contributed by atoms with Gasteiger partial charge in [-0.15, -0.1) is 0 Å². The third-order valence-corrected chi connectivity index (χ3v) is 5.89. The maximum Gasteiger partial charge on any atom is 0.247 e. The number of ketones is 1. The molecule has 0 unspecified atom stereocenters. The zero-order valence-corrected chi connectivity index (χ0v) is 14.2. The number of carbonyl (C=O) groups is 2. The lowest BCUT2D eigenvalue weighted by molar-refractivity contribution is -0.124. The average molecular weight is 347 g/mol. The molecule has 0 bridgehead atoms. The van der Waals surface area contributed by atoms with Crippen LogP contribution in [0.4, 0.5) is 5.69 Å². The molecule has 6 nitrogen and oxygen atoms in total. The van der Waals surface area contributed by atoms with Gasteiger partial charge in [-0.1, -0.05) is 18.2 Å². The molecule has 2 N–H and O–H groups in total. The summed E-state index contributed by atoms with van der Waals surface area (Å²) in [4.78, 5) is 28.4. The minimum Gasteiger partial charge on any atom is -0.444 e. The molecule has 0 fully saturated rings. The average Bonchev–Trinajstić information content (AvgIpc) is 2.88. The van der Waals surface area contributed by atoms with Crippen LogP contribution in [0.5, 0.6) is 0 Å². The van der Waals surface area contributed by atoms with E-state index in [1.165, 1.54) is 0 Å². The summed E-state index contributed by atoms with van der Waals surface area (Å²) in [5.74, 6) is 0.0119. The highest BCUT2D eigenvalue weighted by Crippen LogP contribution is 2.57. The SMILES string of the molecule is N#CC1=C(N)OC2=C(C(=O)CCC2)[C@]12C(=O)N1CCCc3cccc2c31. The fourth-order valence-corrected chi connectivity index (χ4v) is 4.93. The lowest BCUT2D eigenvalue weighted by atomic mass is 9.65. The van der Waals surface area contributed by atoms with Crippen molar-refractivity contribution < 1.29 is 14.3 Å².